The van der Waals surface area contributed by atoms with Crippen molar-refractivity contribution in [3.8, 4) is 0 Å². The van der Waals surface area contributed by atoms with Crippen LogP contribution in [0.2, 0.25) is 0 Å². The van der Waals surface area contributed by atoms with E-state index in [1.54, 1.807) is 6.07 Å². The van der Waals surface area contributed by atoms with E-state index in [0.717, 1.165) is 29.6 Å². The minimum Gasteiger partial charge on any atom is -0.368 e. The van der Waals surface area contributed by atoms with Crippen LogP contribution < -0.4 is 9.21 Å². The standard InChI is InChI=1S/C28H33F3N2O4S/c1-26(2)16-20(17-27(3,4)37-26)19-11-12-24-25(14-19)33(18-22(32(24)5)9-7-13-34)38(35,36)23-10-6-8-21(15-23)28(29,30)31/h6,8,10-16,22H,7,9,17-18H2,1-5H3/t22-/m0/s1. The van der Waals surface area contributed by atoms with Gasteiger partial charge < -0.3 is 14.4 Å². The van der Waals surface area contributed by atoms with Crippen LogP contribution in [0.4, 0.5) is 24.5 Å². The second kappa shape index (κ2) is 9.72. The fourth-order valence-corrected chi connectivity index (χ4v) is 7.01. The van der Waals surface area contributed by atoms with Gasteiger partial charge >= 0.3 is 6.18 Å². The molecule has 2 aliphatic heterocycles. The molecule has 0 aliphatic carbocycles. The lowest BCUT2D eigenvalue weighted by Gasteiger charge is -2.43. The predicted molar refractivity (Wildman–Crippen MR) is 142 cm³/mol. The first kappa shape index (κ1) is 28.2. The highest BCUT2D eigenvalue weighted by atomic mass is 32.2. The van der Waals surface area contributed by atoms with Crippen LogP contribution >= 0.6 is 0 Å². The van der Waals surface area contributed by atoms with Gasteiger partial charge in [-0.1, -0.05) is 12.1 Å². The normalized spacial score (nSPS) is 21.1. The molecule has 0 amide bonds. The lowest BCUT2D eigenvalue weighted by Crippen LogP contribution is -2.49. The number of benzene rings is 2. The third kappa shape index (κ3) is 5.61. The van der Waals surface area contributed by atoms with Crippen molar-refractivity contribution in [2.75, 3.05) is 22.8 Å². The lowest BCUT2D eigenvalue weighted by atomic mass is 9.85. The fraction of sp³-hybridized carbons (Fsp3) is 0.464. The number of rotatable bonds is 6. The zero-order valence-corrected chi connectivity index (χ0v) is 23.0. The molecule has 2 aliphatic rings. The molecule has 0 N–H and O–H groups in total. The summed E-state index contributed by atoms with van der Waals surface area (Å²) in [6, 6.07) is 9.02. The summed E-state index contributed by atoms with van der Waals surface area (Å²) in [5.74, 6) is 0. The Bertz CT molecular complexity index is 1370. The molecule has 0 fully saturated rings. The van der Waals surface area contributed by atoms with E-state index < -0.39 is 37.9 Å². The van der Waals surface area contributed by atoms with E-state index in [1.807, 2.05) is 57.9 Å². The molecule has 2 aromatic rings. The molecule has 0 radical (unpaired) electrons. The smallest absolute Gasteiger partial charge is 0.368 e. The minimum absolute atomic E-state index is 0.00147. The molecular weight excluding hydrogens is 517 g/mol. The number of fused-ring (bicyclic) bond motifs is 1. The Kier molecular flexibility index (Phi) is 7.20. The number of alkyl halides is 3. The Hall–Kier alpha value is -2.85. The van der Waals surface area contributed by atoms with Crippen molar-refractivity contribution in [1.82, 2.24) is 0 Å². The Morgan fingerprint density at radius 3 is 2.42 bits per heavy atom. The van der Waals surface area contributed by atoms with Crippen molar-refractivity contribution in [3.63, 3.8) is 0 Å². The summed E-state index contributed by atoms with van der Waals surface area (Å²) in [5, 5.41) is 0. The first-order valence-electron chi connectivity index (χ1n) is 12.5. The topological polar surface area (TPSA) is 66.9 Å². The van der Waals surface area contributed by atoms with E-state index in [1.165, 1.54) is 10.4 Å². The van der Waals surface area contributed by atoms with Crippen molar-refractivity contribution in [2.45, 2.75) is 75.3 Å². The molecule has 2 heterocycles. The zero-order valence-electron chi connectivity index (χ0n) is 22.2. The number of carbonyl (C=O) groups is 1. The van der Waals surface area contributed by atoms with Crippen molar-refractivity contribution >= 4 is 33.3 Å². The van der Waals surface area contributed by atoms with Crippen molar-refractivity contribution in [3.05, 3.63) is 59.7 Å². The van der Waals surface area contributed by atoms with Gasteiger partial charge in [0.25, 0.3) is 10.0 Å². The minimum atomic E-state index is -4.68. The van der Waals surface area contributed by atoms with Gasteiger partial charge in [-0.15, -0.1) is 0 Å². The van der Waals surface area contributed by atoms with E-state index in [2.05, 4.69) is 0 Å². The number of halogens is 3. The molecule has 4 rings (SSSR count). The van der Waals surface area contributed by atoms with Crippen molar-refractivity contribution < 1.29 is 31.1 Å². The molecular formula is C28H33F3N2O4S. The highest BCUT2D eigenvalue weighted by Crippen LogP contribution is 2.44. The number of hydrogen-bond acceptors (Lipinski definition) is 5. The SMILES string of the molecule is CN1c2ccc(C3=CC(C)(C)OC(C)(C)C3)cc2N(S(=O)(=O)c2cccc(C(F)(F)F)c2)C[C@@H]1CCC=O. The molecule has 10 heteroatoms. The monoisotopic (exact) mass is 550 g/mol. The summed E-state index contributed by atoms with van der Waals surface area (Å²) in [7, 11) is -2.52. The van der Waals surface area contributed by atoms with Gasteiger partial charge in [0.2, 0.25) is 0 Å². The zero-order chi connectivity index (χ0) is 28.1. The first-order chi connectivity index (χ1) is 17.5. The molecule has 0 unspecified atom stereocenters. The highest BCUT2D eigenvalue weighted by Gasteiger charge is 2.39. The molecule has 0 aromatic heterocycles. The molecule has 0 saturated heterocycles. The average molecular weight is 551 g/mol. The summed E-state index contributed by atoms with van der Waals surface area (Å²) in [4.78, 5) is 12.6. The van der Waals surface area contributed by atoms with Crippen LogP contribution in [-0.4, -0.2) is 45.5 Å². The number of carbonyl (C=O) groups excluding carboxylic acids is 1. The number of hydrogen-bond donors (Lipinski definition) is 0. The second-order valence-electron chi connectivity index (χ2n) is 11.1. The number of likely N-dealkylation sites (N-methyl/N-ethyl adjacent to an activating group) is 1. The maximum atomic E-state index is 13.9. The van der Waals surface area contributed by atoms with Gasteiger partial charge in [-0.05, 0) is 81.7 Å². The summed E-state index contributed by atoms with van der Waals surface area (Å²) >= 11 is 0. The summed E-state index contributed by atoms with van der Waals surface area (Å²) in [5.41, 5.74) is 0.812. The number of anilines is 2. The maximum absolute atomic E-state index is 13.9. The summed E-state index contributed by atoms with van der Waals surface area (Å²) in [6.07, 6.45) is -0.643. The van der Waals surface area contributed by atoms with Crippen LogP contribution in [-0.2, 0) is 25.7 Å². The second-order valence-corrected chi connectivity index (χ2v) is 12.9. The molecule has 1 atom stereocenters. The molecule has 0 bridgehead atoms. The van der Waals surface area contributed by atoms with E-state index in [0.29, 0.717) is 30.3 Å². The van der Waals surface area contributed by atoms with Crippen LogP contribution in [0, 0.1) is 0 Å². The number of sulfonamides is 1. The van der Waals surface area contributed by atoms with Crippen LogP contribution in [0.5, 0.6) is 0 Å². The summed E-state index contributed by atoms with van der Waals surface area (Å²) in [6.45, 7) is 7.91. The van der Waals surface area contributed by atoms with Gasteiger partial charge in [0.1, 0.15) is 6.29 Å². The fourth-order valence-electron chi connectivity index (χ4n) is 5.46. The molecule has 0 saturated carbocycles. The van der Waals surface area contributed by atoms with Crippen LogP contribution in [0.3, 0.4) is 0 Å². The Morgan fingerprint density at radius 2 is 1.79 bits per heavy atom. The first-order valence-corrected chi connectivity index (χ1v) is 13.9. The van der Waals surface area contributed by atoms with Crippen LogP contribution in [0.15, 0.2) is 53.4 Å². The number of nitrogens with zero attached hydrogens (tertiary/aromatic N) is 2. The predicted octanol–water partition coefficient (Wildman–Crippen LogP) is 6.06. The third-order valence-electron chi connectivity index (χ3n) is 6.96. The Labute approximate surface area is 222 Å². The quantitative estimate of drug-likeness (QED) is 0.409. The van der Waals surface area contributed by atoms with Gasteiger partial charge in [-0.3, -0.25) is 4.31 Å². The number of ether oxygens (including phenoxy) is 1. The third-order valence-corrected chi connectivity index (χ3v) is 8.74. The summed E-state index contributed by atoms with van der Waals surface area (Å²) < 4.78 is 75.3. The molecule has 38 heavy (non-hydrogen) atoms. The Morgan fingerprint density at radius 1 is 1.08 bits per heavy atom. The largest absolute Gasteiger partial charge is 0.416 e. The van der Waals surface area contributed by atoms with Crippen molar-refractivity contribution in [1.29, 1.82) is 0 Å². The van der Waals surface area contributed by atoms with Crippen molar-refractivity contribution in [2.24, 2.45) is 0 Å². The van der Waals surface area contributed by atoms with Crippen LogP contribution in [0.25, 0.3) is 5.57 Å². The molecule has 6 nitrogen and oxygen atoms in total. The van der Waals surface area contributed by atoms with E-state index in [9.17, 15) is 26.4 Å². The molecule has 2 aromatic carbocycles. The van der Waals surface area contributed by atoms with Gasteiger partial charge in [-0.2, -0.15) is 13.2 Å². The number of aldehydes is 1. The highest BCUT2D eigenvalue weighted by molar-refractivity contribution is 7.92. The molecule has 0 spiro atoms. The van der Waals surface area contributed by atoms with E-state index >= 15 is 0 Å². The van der Waals surface area contributed by atoms with E-state index in [-0.39, 0.29) is 19.0 Å². The Balaban J connectivity index is 1.86. The van der Waals surface area contributed by atoms with Crippen LogP contribution in [0.1, 0.15) is 58.1 Å². The average Bonchev–Trinajstić information content (AvgIpc) is 2.81. The van der Waals surface area contributed by atoms with Gasteiger partial charge in [-0.25, -0.2) is 8.42 Å². The van der Waals surface area contributed by atoms with E-state index in [4.69, 9.17) is 4.74 Å². The van der Waals surface area contributed by atoms with Gasteiger partial charge in [0.15, 0.2) is 0 Å². The lowest BCUT2D eigenvalue weighted by molar-refractivity contribution is -0.137. The molecule has 206 valence electrons. The maximum Gasteiger partial charge on any atom is 0.416 e. The van der Waals surface area contributed by atoms with Gasteiger partial charge in [0.05, 0.1) is 39.6 Å². The van der Waals surface area contributed by atoms with Gasteiger partial charge in [0, 0.05) is 25.9 Å².